The van der Waals surface area contributed by atoms with E-state index in [9.17, 15) is 0 Å². The van der Waals surface area contributed by atoms with Crippen LogP contribution in [0.3, 0.4) is 0 Å². The SMILES string of the molecule is Cc1nsc(N(CCO)C2CCCC2)n1. The van der Waals surface area contributed by atoms with Crippen molar-refractivity contribution in [2.24, 2.45) is 0 Å². The fraction of sp³-hybridized carbons (Fsp3) is 0.800. The van der Waals surface area contributed by atoms with Crippen LogP contribution in [-0.4, -0.2) is 33.7 Å². The van der Waals surface area contributed by atoms with Crippen molar-refractivity contribution in [3.05, 3.63) is 5.82 Å². The summed E-state index contributed by atoms with van der Waals surface area (Å²) in [5.74, 6) is 0.830. The van der Waals surface area contributed by atoms with Crippen LogP contribution in [-0.2, 0) is 0 Å². The summed E-state index contributed by atoms with van der Waals surface area (Å²) in [7, 11) is 0. The zero-order valence-corrected chi connectivity index (χ0v) is 9.83. The van der Waals surface area contributed by atoms with E-state index in [4.69, 9.17) is 5.11 Å². The molecule has 0 aromatic carbocycles. The molecule has 84 valence electrons. The van der Waals surface area contributed by atoms with Gasteiger partial charge in [0.2, 0.25) is 5.13 Å². The molecule has 0 aliphatic heterocycles. The molecule has 1 saturated carbocycles. The van der Waals surface area contributed by atoms with Crippen molar-refractivity contribution in [2.45, 2.75) is 38.6 Å². The number of rotatable bonds is 4. The van der Waals surface area contributed by atoms with E-state index >= 15 is 0 Å². The van der Waals surface area contributed by atoms with Gasteiger partial charge >= 0.3 is 0 Å². The molecule has 0 amide bonds. The highest BCUT2D eigenvalue weighted by atomic mass is 32.1. The van der Waals surface area contributed by atoms with Crippen molar-refractivity contribution in [3.63, 3.8) is 0 Å². The van der Waals surface area contributed by atoms with Crippen LogP contribution in [0.4, 0.5) is 5.13 Å². The lowest BCUT2D eigenvalue weighted by Crippen LogP contribution is -2.35. The summed E-state index contributed by atoms with van der Waals surface area (Å²) in [5.41, 5.74) is 0. The molecule has 0 radical (unpaired) electrons. The molecule has 1 aromatic rings. The van der Waals surface area contributed by atoms with Gasteiger partial charge in [0.25, 0.3) is 0 Å². The van der Waals surface area contributed by atoms with Crippen molar-refractivity contribution in [3.8, 4) is 0 Å². The van der Waals surface area contributed by atoms with Gasteiger partial charge in [0.1, 0.15) is 5.82 Å². The summed E-state index contributed by atoms with van der Waals surface area (Å²) in [5, 5.41) is 10.0. The third kappa shape index (κ3) is 2.46. The van der Waals surface area contributed by atoms with Crippen molar-refractivity contribution in [1.29, 1.82) is 0 Å². The standard InChI is InChI=1S/C10H17N3OS/c1-8-11-10(15-12-8)13(6-7-14)9-4-2-3-5-9/h9,14H,2-7H2,1H3. The zero-order chi connectivity index (χ0) is 10.7. The number of anilines is 1. The van der Waals surface area contributed by atoms with Crippen LogP contribution < -0.4 is 4.90 Å². The largest absolute Gasteiger partial charge is 0.395 e. The zero-order valence-electron chi connectivity index (χ0n) is 9.02. The Morgan fingerprint density at radius 1 is 1.47 bits per heavy atom. The van der Waals surface area contributed by atoms with Gasteiger partial charge in [-0.15, -0.1) is 0 Å². The third-order valence-corrected chi connectivity index (χ3v) is 3.71. The minimum atomic E-state index is 0.190. The molecule has 1 aliphatic rings. The van der Waals surface area contributed by atoms with Crippen molar-refractivity contribution in [1.82, 2.24) is 9.36 Å². The Kier molecular flexibility index (Phi) is 3.53. The molecule has 0 unspecified atom stereocenters. The Balaban J connectivity index is 2.11. The molecule has 4 nitrogen and oxygen atoms in total. The molecule has 15 heavy (non-hydrogen) atoms. The van der Waals surface area contributed by atoms with Gasteiger partial charge in [0.05, 0.1) is 6.61 Å². The highest BCUT2D eigenvalue weighted by Gasteiger charge is 2.24. The Morgan fingerprint density at radius 3 is 2.73 bits per heavy atom. The Hall–Kier alpha value is -0.680. The third-order valence-electron chi connectivity index (χ3n) is 2.87. The molecule has 5 heteroatoms. The van der Waals surface area contributed by atoms with E-state index in [1.54, 1.807) is 0 Å². The molecule has 1 fully saturated rings. The highest BCUT2D eigenvalue weighted by molar-refractivity contribution is 7.09. The molecule has 1 aromatic heterocycles. The number of aliphatic hydroxyl groups excluding tert-OH is 1. The van der Waals surface area contributed by atoms with Gasteiger partial charge in [0, 0.05) is 24.1 Å². The number of aryl methyl sites for hydroxylation is 1. The second-order valence-corrected chi connectivity index (χ2v) is 4.71. The van der Waals surface area contributed by atoms with Crippen molar-refractivity contribution in [2.75, 3.05) is 18.1 Å². The maximum absolute atomic E-state index is 9.08. The minimum Gasteiger partial charge on any atom is -0.395 e. The summed E-state index contributed by atoms with van der Waals surface area (Å²) in [4.78, 5) is 6.62. The van der Waals surface area contributed by atoms with Gasteiger partial charge in [-0.05, 0) is 19.8 Å². The van der Waals surface area contributed by atoms with Crippen LogP contribution in [0, 0.1) is 6.92 Å². The normalized spacial score (nSPS) is 17.2. The lowest BCUT2D eigenvalue weighted by Gasteiger charge is -2.27. The van der Waals surface area contributed by atoms with E-state index in [1.165, 1.54) is 37.2 Å². The van der Waals surface area contributed by atoms with Gasteiger partial charge in [-0.1, -0.05) is 12.8 Å². The number of aromatic nitrogens is 2. The van der Waals surface area contributed by atoms with Gasteiger partial charge in [-0.2, -0.15) is 4.37 Å². The number of hydrogen-bond donors (Lipinski definition) is 1. The minimum absolute atomic E-state index is 0.190. The topological polar surface area (TPSA) is 49.2 Å². The van der Waals surface area contributed by atoms with E-state index in [0.717, 1.165) is 11.0 Å². The van der Waals surface area contributed by atoms with E-state index in [2.05, 4.69) is 14.3 Å². The van der Waals surface area contributed by atoms with Gasteiger partial charge in [0.15, 0.2) is 0 Å². The summed E-state index contributed by atoms with van der Waals surface area (Å²) in [6.07, 6.45) is 5.03. The van der Waals surface area contributed by atoms with Gasteiger partial charge in [-0.3, -0.25) is 0 Å². The molecule has 0 spiro atoms. The Morgan fingerprint density at radius 2 is 2.20 bits per heavy atom. The maximum atomic E-state index is 9.08. The lowest BCUT2D eigenvalue weighted by atomic mass is 10.2. The van der Waals surface area contributed by atoms with Gasteiger partial charge in [-0.25, -0.2) is 4.98 Å². The predicted molar refractivity (Wildman–Crippen MR) is 61.3 cm³/mol. The maximum Gasteiger partial charge on any atom is 0.205 e. The van der Waals surface area contributed by atoms with Crippen LogP contribution in [0.25, 0.3) is 0 Å². The first-order valence-corrected chi connectivity index (χ1v) is 6.26. The summed E-state index contributed by atoms with van der Waals surface area (Å²) in [6, 6.07) is 0.560. The van der Waals surface area contributed by atoms with Crippen LogP contribution in [0.15, 0.2) is 0 Å². The molecule has 2 rings (SSSR count). The first-order valence-electron chi connectivity index (χ1n) is 5.49. The van der Waals surface area contributed by atoms with Crippen LogP contribution in [0.1, 0.15) is 31.5 Å². The molecular weight excluding hydrogens is 210 g/mol. The fourth-order valence-electron chi connectivity index (χ4n) is 2.16. The lowest BCUT2D eigenvalue weighted by molar-refractivity contribution is 0.297. The van der Waals surface area contributed by atoms with E-state index in [0.29, 0.717) is 12.6 Å². The molecule has 1 aliphatic carbocycles. The van der Waals surface area contributed by atoms with Gasteiger partial charge < -0.3 is 10.0 Å². The number of aliphatic hydroxyl groups is 1. The Labute approximate surface area is 94.1 Å². The monoisotopic (exact) mass is 227 g/mol. The smallest absolute Gasteiger partial charge is 0.205 e. The Bertz CT molecular complexity index is 309. The molecule has 1 N–H and O–H groups in total. The highest BCUT2D eigenvalue weighted by Crippen LogP contribution is 2.28. The van der Waals surface area contributed by atoms with E-state index in [-0.39, 0.29) is 6.61 Å². The average molecular weight is 227 g/mol. The predicted octanol–water partition coefficient (Wildman–Crippen LogP) is 1.59. The second kappa shape index (κ2) is 4.90. The van der Waals surface area contributed by atoms with E-state index in [1.807, 2.05) is 6.92 Å². The number of nitrogens with zero attached hydrogens (tertiary/aromatic N) is 3. The quantitative estimate of drug-likeness (QED) is 0.848. The first-order chi connectivity index (χ1) is 7.31. The van der Waals surface area contributed by atoms with Crippen LogP contribution in [0.5, 0.6) is 0 Å². The fourth-order valence-corrected chi connectivity index (χ4v) is 2.93. The van der Waals surface area contributed by atoms with E-state index < -0.39 is 0 Å². The summed E-state index contributed by atoms with van der Waals surface area (Å²) >= 11 is 1.44. The summed E-state index contributed by atoms with van der Waals surface area (Å²) in [6.45, 7) is 2.78. The number of hydrogen-bond acceptors (Lipinski definition) is 5. The van der Waals surface area contributed by atoms with Crippen LogP contribution >= 0.6 is 11.5 Å². The molecular formula is C10H17N3OS. The van der Waals surface area contributed by atoms with Crippen LogP contribution in [0.2, 0.25) is 0 Å². The molecule has 0 saturated heterocycles. The molecule has 1 heterocycles. The first kappa shape index (κ1) is 10.8. The second-order valence-electron chi connectivity index (χ2n) is 3.98. The molecule has 0 atom stereocenters. The summed E-state index contributed by atoms with van der Waals surface area (Å²) < 4.78 is 4.20. The molecule has 0 bridgehead atoms. The van der Waals surface area contributed by atoms with Crippen molar-refractivity contribution >= 4 is 16.7 Å². The van der Waals surface area contributed by atoms with Crippen molar-refractivity contribution < 1.29 is 5.11 Å². The average Bonchev–Trinajstić information content (AvgIpc) is 2.85.